The van der Waals surface area contributed by atoms with E-state index in [1.54, 1.807) is 18.3 Å². The van der Waals surface area contributed by atoms with E-state index < -0.39 is 0 Å². The SMILES string of the molecule is O=C(CCCN1CCC(O)CC1)Nc1cc(Oc2ccc3[nH]ccc3c2)ccn1. The fourth-order valence-corrected chi connectivity index (χ4v) is 3.59. The van der Waals surface area contributed by atoms with Gasteiger partial charge in [-0.25, -0.2) is 4.98 Å². The molecule has 0 bridgehead atoms. The molecule has 0 spiro atoms. The number of aromatic nitrogens is 2. The number of nitrogens with one attached hydrogen (secondary N) is 2. The Kier molecular flexibility index (Phi) is 6.07. The van der Waals surface area contributed by atoms with E-state index in [4.69, 9.17) is 4.74 Å². The summed E-state index contributed by atoms with van der Waals surface area (Å²) in [6, 6.07) is 11.3. The van der Waals surface area contributed by atoms with Crippen molar-refractivity contribution < 1.29 is 14.6 Å². The first-order valence-electron chi connectivity index (χ1n) is 10.1. The average molecular weight is 394 g/mol. The Hall–Kier alpha value is -2.90. The maximum atomic E-state index is 12.2. The monoisotopic (exact) mass is 394 g/mol. The Bertz CT molecular complexity index is 963. The Morgan fingerprint density at radius 2 is 2.03 bits per heavy atom. The van der Waals surface area contributed by atoms with Crippen LogP contribution in [0.2, 0.25) is 0 Å². The first-order chi connectivity index (χ1) is 14.2. The van der Waals surface area contributed by atoms with Crippen LogP contribution in [0.4, 0.5) is 5.82 Å². The smallest absolute Gasteiger partial charge is 0.225 e. The molecule has 0 radical (unpaired) electrons. The minimum atomic E-state index is -0.167. The number of carbonyl (C=O) groups is 1. The number of ether oxygens (including phenoxy) is 1. The molecule has 3 N–H and O–H groups in total. The molecule has 0 atom stereocenters. The van der Waals surface area contributed by atoms with Gasteiger partial charge in [-0.2, -0.15) is 0 Å². The van der Waals surface area contributed by atoms with Crippen molar-refractivity contribution in [3.63, 3.8) is 0 Å². The molecule has 3 heterocycles. The van der Waals surface area contributed by atoms with Gasteiger partial charge in [0.1, 0.15) is 17.3 Å². The summed E-state index contributed by atoms with van der Waals surface area (Å²) in [4.78, 5) is 21.9. The standard InChI is InChI=1S/C22H26N4O3/c27-17-7-12-26(13-8-17)11-1-2-22(28)25-21-15-19(6-10-24-21)29-18-3-4-20-16(14-18)5-9-23-20/h3-6,9-10,14-15,17,23,27H,1-2,7-8,11-13H2,(H,24,25,28). The molecule has 3 aromatic rings. The number of hydrogen-bond acceptors (Lipinski definition) is 5. The van der Waals surface area contributed by atoms with Crippen LogP contribution in [0.15, 0.2) is 48.8 Å². The molecule has 7 heteroatoms. The van der Waals surface area contributed by atoms with E-state index in [1.165, 1.54) is 0 Å². The topological polar surface area (TPSA) is 90.5 Å². The van der Waals surface area contributed by atoms with Gasteiger partial charge < -0.3 is 25.0 Å². The molecule has 0 aliphatic carbocycles. The number of nitrogens with zero attached hydrogens (tertiary/aromatic N) is 2. The zero-order chi connectivity index (χ0) is 20.1. The van der Waals surface area contributed by atoms with Gasteiger partial charge in [-0.05, 0) is 56.1 Å². The summed E-state index contributed by atoms with van der Waals surface area (Å²) in [6.45, 7) is 2.68. The highest BCUT2D eigenvalue weighted by atomic mass is 16.5. The Balaban J connectivity index is 1.27. The molecule has 4 rings (SSSR count). The highest BCUT2D eigenvalue weighted by Gasteiger charge is 2.16. The normalized spacial score (nSPS) is 15.5. The van der Waals surface area contributed by atoms with Gasteiger partial charge in [0.25, 0.3) is 0 Å². The van der Waals surface area contributed by atoms with Crippen LogP contribution in [0.25, 0.3) is 10.9 Å². The second-order valence-corrected chi connectivity index (χ2v) is 7.43. The van der Waals surface area contributed by atoms with Crippen LogP contribution in [0.3, 0.4) is 0 Å². The van der Waals surface area contributed by atoms with Gasteiger partial charge >= 0.3 is 0 Å². The summed E-state index contributed by atoms with van der Waals surface area (Å²) in [7, 11) is 0. The quantitative estimate of drug-likeness (QED) is 0.570. The van der Waals surface area contributed by atoms with Crippen molar-refractivity contribution in [1.82, 2.24) is 14.9 Å². The van der Waals surface area contributed by atoms with Gasteiger partial charge in [0.2, 0.25) is 5.91 Å². The number of fused-ring (bicyclic) bond motifs is 1. The number of anilines is 1. The lowest BCUT2D eigenvalue weighted by Gasteiger charge is -2.29. The number of hydrogen-bond donors (Lipinski definition) is 3. The van der Waals surface area contributed by atoms with E-state index in [1.807, 2.05) is 30.5 Å². The van der Waals surface area contributed by atoms with Crippen LogP contribution in [0.1, 0.15) is 25.7 Å². The number of benzene rings is 1. The van der Waals surface area contributed by atoms with Crippen LogP contribution in [-0.2, 0) is 4.79 Å². The third-order valence-corrected chi connectivity index (χ3v) is 5.19. The lowest BCUT2D eigenvalue weighted by atomic mass is 10.1. The number of likely N-dealkylation sites (tertiary alicyclic amines) is 1. The van der Waals surface area contributed by atoms with Crippen molar-refractivity contribution in [3.05, 3.63) is 48.8 Å². The Morgan fingerprint density at radius 1 is 1.21 bits per heavy atom. The number of rotatable bonds is 7. The lowest BCUT2D eigenvalue weighted by Crippen LogP contribution is -2.36. The molecule has 1 aromatic carbocycles. The number of carbonyl (C=O) groups excluding carboxylic acids is 1. The average Bonchev–Trinajstić information content (AvgIpc) is 3.18. The van der Waals surface area contributed by atoms with E-state index in [0.29, 0.717) is 18.0 Å². The Morgan fingerprint density at radius 3 is 2.90 bits per heavy atom. The van der Waals surface area contributed by atoms with E-state index in [0.717, 1.165) is 55.5 Å². The molecule has 7 nitrogen and oxygen atoms in total. The van der Waals surface area contributed by atoms with E-state index >= 15 is 0 Å². The van der Waals surface area contributed by atoms with Crippen molar-refractivity contribution in [2.75, 3.05) is 25.0 Å². The highest BCUT2D eigenvalue weighted by molar-refractivity contribution is 5.89. The zero-order valence-corrected chi connectivity index (χ0v) is 16.3. The first kappa shape index (κ1) is 19.4. The molecule has 152 valence electrons. The molecular formula is C22H26N4O3. The third-order valence-electron chi connectivity index (χ3n) is 5.19. The molecule has 1 saturated heterocycles. The first-order valence-corrected chi connectivity index (χ1v) is 10.1. The lowest BCUT2D eigenvalue weighted by molar-refractivity contribution is -0.116. The summed E-state index contributed by atoms with van der Waals surface area (Å²) in [6.07, 6.45) is 6.21. The van der Waals surface area contributed by atoms with Crippen LogP contribution >= 0.6 is 0 Å². The number of pyridine rings is 1. The second kappa shape index (κ2) is 9.07. The maximum absolute atomic E-state index is 12.2. The maximum Gasteiger partial charge on any atom is 0.225 e. The van der Waals surface area contributed by atoms with Gasteiger partial charge in [0.15, 0.2) is 0 Å². The summed E-state index contributed by atoms with van der Waals surface area (Å²) < 4.78 is 5.91. The van der Waals surface area contributed by atoms with Crippen molar-refractivity contribution in [1.29, 1.82) is 0 Å². The fourth-order valence-electron chi connectivity index (χ4n) is 3.59. The number of aromatic amines is 1. The molecule has 0 saturated carbocycles. The van der Waals surface area contributed by atoms with Crippen molar-refractivity contribution in [2.24, 2.45) is 0 Å². The minimum Gasteiger partial charge on any atom is -0.457 e. The molecule has 0 unspecified atom stereocenters. The molecular weight excluding hydrogens is 368 g/mol. The summed E-state index contributed by atoms with van der Waals surface area (Å²) in [5.41, 5.74) is 1.06. The number of piperidine rings is 1. The van der Waals surface area contributed by atoms with Crippen molar-refractivity contribution in [2.45, 2.75) is 31.8 Å². The molecule has 1 aliphatic rings. The number of H-pyrrole nitrogens is 1. The van der Waals surface area contributed by atoms with Crippen LogP contribution in [-0.4, -0.2) is 51.6 Å². The molecule has 1 aliphatic heterocycles. The van der Waals surface area contributed by atoms with Gasteiger partial charge in [-0.1, -0.05) is 0 Å². The van der Waals surface area contributed by atoms with Crippen molar-refractivity contribution >= 4 is 22.6 Å². The number of aliphatic hydroxyl groups is 1. The van der Waals surface area contributed by atoms with E-state index in [2.05, 4.69) is 20.2 Å². The van der Waals surface area contributed by atoms with Gasteiger partial charge in [0, 0.05) is 48.9 Å². The molecule has 2 aromatic heterocycles. The largest absolute Gasteiger partial charge is 0.457 e. The Labute approximate surface area is 169 Å². The third kappa shape index (κ3) is 5.34. The van der Waals surface area contributed by atoms with Gasteiger partial charge in [-0.15, -0.1) is 0 Å². The van der Waals surface area contributed by atoms with E-state index in [-0.39, 0.29) is 12.0 Å². The van der Waals surface area contributed by atoms with Gasteiger partial charge in [-0.3, -0.25) is 4.79 Å². The summed E-state index contributed by atoms with van der Waals surface area (Å²) in [5.74, 6) is 1.78. The van der Waals surface area contributed by atoms with Crippen LogP contribution < -0.4 is 10.1 Å². The summed E-state index contributed by atoms with van der Waals surface area (Å²) >= 11 is 0. The van der Waals surface area contributed by atoms with Crippen LogP contribution in [0.5, 0.6) is 11.5 Å². The molecule has 29 heavy (non-hydrogen) atoms. The van der Waals surface area contributed by atoms with Gasteiger partial charge in [0.05, 0.1) is 6.10 Å². The predicted octanol–water partition coefficient (Wildman–Crippen LogP) is 3.53. The molecule has 1 fully saturated rings. The number of amides is 1. The predicted molar refractivity (Wildman–Crippen MR) is 112 cm³/mol. The van der Waals surface area contributed by atoms with E-state index in [9.17, 15) is 9.90 Å². The fraction of sp³-hybridized carbons (Fsp3) is 0.364. The highest BCUT2D eigenvalue weighted by Crippen LogP contribution is 2.26. The summed E-state index contributed by atoms with van der Waals surface area (Å²) in [5, 5.41) is 13.5. The molecule has 1 amide bonds. The van der Waals surface area contributed by atoms with Crippen molar-refractivity contribution in [3.8, 4) is 11.5 Å². The number of aliphatic hydroxyl groups excluding tert-OH is 1. The zero-order valence-electron chi connectivity index (χ0n) is 16.3. The second-order valence-electron chi connectivity index (χ2n) is 7.43. The minimum absolute atomic E-state index is 0.0552. The van der Waals surface area contributed by atoms with Crippen LogP contribution in [0, 0.1) is 0 Å².